The standard InChI is InChI=1S/C11H12N4O2S/c12-10-4-1-3-9(7-10)8-18(16,17)15-11-13-5-2-6-14-11/h1-7H,8,12H2,(H,13,14,15). The van der Waals surface area contributed by atoms with E-state index in [0.29, 0.717) is 11.3 Å². The van der Waals surface area contributed by atoms with Crippen LogP contribution in [-0.4, -0.2) is 18.4 Å². The summed E-state index contributed by atoms with van der Waals surface area (Å²) in [5.74, 6) is -0.113. The highest BCUT2D eigenvalue weighted by atomic mass is 32.2. The van der Waals surface area contributed by atoms with Gasteiger partial charge in [-0.25, -0.2) is 18.4 Å². The van der Waals surface area contributed by atoms with Crippen LogP contribution < -0.4 is 10.5 Å². The summed E-state index contributed by atoms with van der Waals surface area (Å²) in [7, 11) is -3.53. The van der Waals surface area contributed by atoms with Crippen molar-refractivity contribution in [1.29, 1.82) is 0 Å². The molecule has 0 radical (unpaired) electrons. The van der Waals surface area contributed by atoms with Crippen molar-refractivity contribution in [3.8, 4) is 0 Å². The van der Waals surface area contributed by atoms with E-state index in [0.717, 1.165) is 0 Å². The Morgan fingerprint density at radius 1 is 1.17 bits per heavy atom. The topological polar surface area (TPSA) is 98.0 Å². The molecule has 2 rings (SSSR count). The molecule has 0 atom stereocenters. The second-order valence-corrected chi connectivity index (χ2v) is 5.40. The molecule has 94 valence electrons. The summed E-state index contributed by atoms with van der Waals surface area (Å²) in [5, 5.41) is 0. The van der Waals surface area contributed by atoms with E-state index in [2.05, 4.69) is 14.7 Å². The van der Waals surface area contributed by atoms with Crippen LogP contribution >= 0.6 is 0 Å². The summed E-state index contributed by atoms with van der Waals surface area (Å²) in [6.07, 6.45) is 2.93. The van der Waals surface area contributed by atoms with Gasteiger partial charge in [-0.2, -0.15) is 0 Å². The third kappa shape index (κ3) is 3.42. The van der Waals surface area contributed by atoms with Crippen LogP contribution in [-0.2, 0) is 15.8 Å². The number of sulfonamides is 1. The Morgan fingerprint density at radius 2 is 1.89 bits per heavy atom. The number of rotatable bonds is 4. The van der Waals surface area contributed by atoms with Crippen molar-refractivity contribution in [3.05, 3.63) is 48.3 Å². The molecule has 1 heterocycles. The lowest BCUT2D eigenvalue weighted by Gasteiger charge is -2.06. The molecule has 0 bridgehead atoms. The minimum Gasteiger partial charge on any atom is -0.399 e. The molecule has 0 aliphatic heterocycles. The van der Waals surface area contributed by atoms with E-state index in [4.69, 9.17) is 5.73 Å². The quantitative estimate of drug-likeness (QED) is 0.803. The van der Waals surface area contributed by atoms with Crippen molar-refractivity contribution in [3.63, 3.8) is 0 Å². The molecule has 0 saturated carbocycles. The van der Waals surface area contributed by atoms with Crippen molar-refractivity contribution in [2.24, 2.45) is 0 Å². The molecule has 6 nitrogen and oxygen atoms in total. The van der Waals surface area contributed by atoms with E-state index in [1.54, 1.807) is 30.3 Å². The maximum absolute atomic E-state index is 11.8. The molecule has 0 fully saturated rings. The first kappa shape index (κ1) is 12.3. The highest BCUT2D eigenvalue weighted by molar-refractivity contribution is 7.91. The van der Waals surface area contributed by atoms with E-state index in [1.165, 1.54) is 12.4 Å². The number of anilines is 2. The van der Waals surface area contributed by atoms with Crippen molar-refractivity contribution < 1.29 is 8.42 Å². The van der Waals surface area contributed by atoms with Gasteiger partial charge in [0.15, 0.2) is 0 Å². The SMILES string of the molecule is Nc1cccc(CS(=O)(=O)Nc2ncccn2)c1. The van der Waals surface area contributed by atoms with E-state index in [9.17, 15) is 8.42 Å². The number of nitrogens with one attached hydrogen (secondary N) is 1. The van der Waals surface area contributed by atoms with Crippen LogP contribution in [0.25, 0.3) is 0 Å². The summed E-state index contributed by atoms with van der Waals surface area (Å²) >= 11 is 0. The predicted molar refractivity (Wildman–Crippen MR) is 69.1 cm³/mol. The van der Waals surface area contributed by atoms with Gasteiger partial charge in [-0.05, 0) is 23.8 Å². The van der Waals surface area contributed by atoms with Crippen LogP contribution in [0.3, 0.4) is 0 Å². The number of benzene rings is 1. The van der Waals surface area contributed by atoms with Gasteiger partial charge in [0.25, 0.3) is 0 Å². The van der Waals surface area contributed by atoms with Crippen molar-refractivity contribution in [2.75, 3.05) is 10.5 Å². The normalized spacial score (nSPS) is 11.1. The van der Waals surface area contributed by atoms with Gasteiger partial charge in [0, 0.05) is 18.1 Å². The zero-order chi connectivity index (χ0) is 13.0. The van der Waals surface area contributed by atoms with Gasteiger partial charge in [-0.3, -0.25) is 4.72 Å². The number of hydrogen-bond donors (Lipinski definition) is 2. The molecule has 2 aromatic rings. The first-order chi connectivity index (χ1) is 8.55. The zero-order valence-corrected chi connectivity index (χ0v) is 10.3. The monoisotopic (exact) mass is 264 g/mol. The molecule has 0 aliphatic rings. The Bertz CT molecular complexity index is 629. The highest BCUT2D eigenvalue weighted by Gasteiger charge is 2.13. The Labute approximate surface area is 105 Å². The molecule has 7 heteroatoms. The summed E-state index contributed by atoms with van der Waals surface area (Å²) in [6.45, 7) is 0. The van der Waals surface area contributed by atoms with Crippen molar-refractivity contribution >= 4 is 21.7 Å². The van der Waals surface area contributed by atoms with Gasteiger partial charge in [-0.15, -0.1) is 0 Å². The maximum Gasteiger partial charge on any atom is 0.239 e. The molecule has 18 heavy (non-hydrogen) atoms. The molecule has 0 aliphatic carbocycles. The molecule has 0 spiro atoms. The predicted octanol–water partition coefficient (Wildman–Crippen LogP) is 1.00. The molecule has 0 amide bonds. The maximum atomic E-state index is 11.8. The summed E-state index contributed by atoms with van der Waals surface area (Å²) in [6, 6.07) is 8.32. The van der Waals surface area contributed by atoms with E-state index >= 15 is 0 Å². The molecule has 1 aromatic heterocycles. The second-order valence-electron chi connectivity index (χ2n) is 3.68. The van der Waals surface area contributed by atoms with Gasteiger partial charge >= 0.3 is 0 Å². The first-order valence-corrected chi connectivity index (χ1v) is 6.82. The molecular weight excluding hydrogens is 252 g/mol. The van der Waals surface area contributed by atoms with Gasteiger partial charge in [-0.1, -0.05) is 12.1 Å². The summed E-state index contributed by atoms with van der Waals surface area (Å²) in [5.41, 5.74) is 6.73. The van der Waals surface area contributed by atoms with Crippen LogP contribution in [0.5, 0.6) is 0 Å². The fraction of sp³-hybridized carbons (Fsp3) is 0.0909. The molecular formula is C11H12N4O2S. The van der Waals surface area contributed by atoms with Gasteiger partial charge in [0.05, 0.1) is 5.75 Å². The largest absolute Gasteiger partial charge is 0.399 e. The molecule has 0 saturated heterocycles. The van der Waals surface area contributed by atoms with Crippen molar-refractivity contribution in [1.82, 2.24) is 9.97 Å². The number of nitrogens with zero attached hydrogens (tertiary/aromatic N) is 2. The number of aromatic nitrogens is 2. The molecule has 3 N–H and O–H groups in total. The lowest BCUT2D eigenvalue weighted by molar-refractivity contribution is 0.600. The summed E-state index contributed by atoms with van der Waals surface area (Å²) < 4.78 is 26.0. The van der Waals surface area contributed by atoms with E-state index in [-0.39, 0.29) is 11.7 Å². The van der Waals surface area contributed by atoms with E-state index < -0.39 is 10.0 Å². The lowest BCUT2D eigenvalue weighted by atomic mass is 10.2. The summed E-state index contributed by atoms with van der Waals surface area (Å²) in [4.78, 5) is 7.59. The van der Waals surface area contributed by atoms with Gasteiger partial charge < -0.3 is 5.73 Å². The zero-order valence-electron chi connectivity index (χ0n) is 9.45. The average molecular weight is 264 g/mol. The van der Waals surface area contributed by atoms with Crippen molar-refractivity contribution in [2.45, 2.75) is 5.75 Å². The fourth-order valence-corrected chi connectivity index (χ4v) is 2.50. The van der Waals surface area contributed by atoms with Crippen LogP contribution in [0.4, 0.5) is 11.6 Å². The van der Waals surface area contributed by atoms with Gasteiger partial charge in [0.2, 0.25) is 16.0 Å². The van der Waals surface area contributed by atoms with Crippen LogP contribution in [0, 0.1) is 0 Å². The van der Waals surface area contributed by atoms with Crippen LogP contribution in [0.15, 0.2) is 42.7 Å². The smallest absolute Gasteiger partial charge is 0.239 e. The molecule has 1 aromatic carbocycles. The average Bonchev–Trinajstić information content (AvgIpc) is 2.28. The number of nitrogens with two attached hydrogens (primary N) is 1. The highest BCUT2D eigenvalue weighted by Crippen LogP contribution is 2.11. The minimum absolute atomic E-state index is 0.0569. The first-order valence-electron chi connectivity index (χ1n) is 5.17. The lowest BCUT2D eigenvalue weighted by Crippen LogP contribution is -2.16. The Morgan fingerprint density at radius 3 is 2.56 bits per heavy atom. The number of nitrogen functional groups attached to an aromatic ring is 1. The fourth-order valence-electron chi connectivity index (χ4n) is 1.43. The van der Waals surface area contributed by atoms with Crippen LogP contribution in [0.2, 0.25) is 0 Å². The Balaban J connectivity index is 2.13. The van der Waals surface area contributed by atoms with Crippen LogP contribution in [0.1, 0.15) is 5.56 Å². The van der Waals surface area contributed by atoms with E-state index in [1.807, 2.05) is 0 Å². The third-order valence-corrected chi connectivity index (χ3v) is 3.33. The molecule has 0 unspecified atom stereocenters. The number of hydrogen-bond acceptors (Lipinski definition) is 5. The Kier molecular flexibility index (Phi) is 3.42. The minimum atomic E-state index is -3.53. The Hall–Kier alpha value is -2.15. The second kappa shape index (κ2) is 5.01. The van der Waals surface area contributed by atoms with Gasteiger partial charge in [0.1, 0.15) is 0 Å². The third-order valence-electron chi connectivity index (χ3n) is 2.12.